The number of hydrogen-bond acceptors (Lipinski definition) is 6. The van der Waals surface area contributed by atoms with Gasteiger partial charge in [0.15, 0.2) is 6.39 Å². The number of aromatic nitrogens is 1. The number of oxazole rings is 1. The minimum atomic E-state index is -0.250. The van der Waals surface area contributed by atoms with Gasteiger partial charge in [-0.1, -0.05) is 13.8 Å². The van der Waals surface area contributed by atoms with Crippen molar-refractivity contribution in [2.75, 3.05) is 46.8 Å². The third kappa shape index (κ3) is 4.35. The van der Waals surface area contributed by atoms with Crippen molar-refractivity contribution in [3.8, 4) is 0 Å². The molecule has 0 spiro atoms. The van der Waals surface area contributed by atoms with Gasteiger partial charge in [0.25, 0.3) is 12.4 Å². The Kier molecular flexibility index (Phi) is 6.82. The van der Waals surface area contributed by atoms with Crippen LogP contribution in [0.2, 0.25) is 0 Å². The van der Waals surface area contributed by atoms with Crippen molar-refractivity contribution in [2.24, 2.45) is 17.3 Å². The van der Waals surface area contributed by atoms with Crippen LogP contribution in [-0.4, -0.2) is 89.9 Å². The van der Waals surface area contributed by atoms with Gasteiger partial charge in [-0.15, -0.1) is 0 Å². The number of carbonyl (C=O) groups excluding carboxylic acids is 2. The summed E-state index contributed by atoms with van der Waals surface area (Å²) in [6.07, 6.45) is 1.32. The lowest BCUT2D eigenvalue weighted by Crippen LogP contribution is -2.44. The maximum atomic E-state index is 12.8. The van der Waals surface area contributed by atoms with E-state index in [1.807, 2.05) is 37.7 Å². The van der Waals surface area contributed by atoms with Crippen molar-refractivity contribution in [3.63, 3.8) is 0 Å². The zero-order valence-corrected chi connectivity index (χ0v) is 17.2. The van der Waals surface area contributed by atoms with Gasteiger partial charge in [-0.05, 0) is 21.0 Å². The molecule has 9 heteroatoms. The Labute approximate surface area is 165 Å². The number of nitrogens with zero attached hydrogens (tertiary/aromatic N) is 4. The normalized spacial score (nSPS) is 23.6. The largest absolute Gasteiger partial charge is 0.483 e. The van der Waals surface area contributed by atoms with Gasteiger partial charge in [-0.3, -0.25) is 14.4 Å². The van der Waals surface area contributed by atoms with Crippen LogP contribution >= 0.6 is 0 Å². The second-order valence-electron chi connectivity index (χ2n) is 8.23. The van der Waals surface area contributed by atoms with E-state index in [1.54, 1.807) is 6.92 Å². The van der Waals surface area contributed by atoms with Crippen LogP contribution in [0, 0.1) is 24.2 Å². The molecule has 0 radical (unpaired) electrons. The number of rotatable bonds is 4. The highest BCUT2D eigenvalue weighted by Crippen LogP contribution is 2.43. The predicted octanol–water partition coefficient (Wildman–Crippen LogP) is 0.802. The van der Waals surface area contributed by atoms with Crippen molar-refractivity contribution in [1.29, 1.82) is 0 Å². The summed E-state index contributed by atoms with van der Waals surface area (Å²) >= 11 is 0. The highest BCUT2D eigenvalue weighted by Gasteiger charge is 2.55. The zero-order valence-electron chi connectivity index (χ0n) is 17.2. The van der Waals surface area contributed by atoms with Crippen LogP contribution in [0.25, 0.3) is 0 Å². The first kappa shape index (κ1) is 21.9. The molecule has 0 unspecified atom stereocenters. The van der Waals surface area contributed by atoms with Crippen molar-refractivity contribution in [3.05, 3.63) is 17.8 Å². The molecule has 28 heavy (non-hydrogen) atoms. The van der Waals surface area contributed by atoms with E-state index >= 15 is 0 Å². The Morgan fingerprint density at radius 3 is 2.43 bits per heavy atom. The van der Waals surface area contributed by atoms with Crippen LogP contribution in [0.1, 0.15) is 30.1 Å². The minimum Gasteiger partial charge on any atom is -0.483 e. The molecule has 2 fully saturated rings. The number of fused-ring (bicyclic) bond motifs is 1. The molecule has 2 aliphatic heterocycles. The standard InChI is InChI=1S/C18H28N4O3.CH2O2/c1-12(2)16(23)21-6-14-7-22(10-18(14,9-21)8-20(4)5)17(24)15-13(3)19-11-25-15;2-1-3/h11-12,14H,6-10H2,1-5H3;1H,(H,2,3)/t14-,18+;/m1./s1. The highest BCUT2D eigenvalue weighted by atomic mass is 16.4. The van der Waals surface area contributed by atoms with Crippen molar-refractivity contribution in [1.82, 2.24) is 19.7 Å². The average Bonchev–Trinajstić information content (AvgIpc) is 3.25. The Morgan fingerprint density at radius 2 is 1.93 bits per heavy atom. The fourth-order valence-corrected chi connectivity index (χ4v) is 4.37. The molecule has 9 nitrogen and oxygen atoms in total. The predicted molar refractivity (Wildman–Crippen MR) is 102 cm³/mol. The van der Waals surface area contributed by atoms with Gasteiger partial charge >= 0.3 is 0 Å². The van der Waals surface area contributed by atoms with Crippen LogP contribution in [-0.2, 0) is 9.59 Å². The average molecular weight is 394 g/mol. The van der Waals surface area contributed by atoms with Gasteiger partial charge in [0, 0.05) is 50.0 Å². The zero-order chi connectivity index (χ0) is 21.1. The van der Waals surface area contributed by atoms with E-state index in [0.717, 1.165) is 13.1 Å². The molecule has 156 valence electrons. The number of aryl methyl sites for hydroxylation is 1. The van der Waals surface area contributed by atoms with Gasteiger partial charge < -0.3 is 24.2 Å². The van der Waals surface area contributed by atoms with Gasteiger partial charge in [-0.25, -0.2) is 4.98 Å². The van der Waals surface area contributed by atoms with E-state index in [0.29, 0.717) is 37.0 Å². The fraction of sp³-hybridized carbons (Fsp3) is 0.684. The monoisotopic (exact) mass is 394 g/mol. The minimum absolute atomic E-state index is 0.00445. The van der Waals surface area contributed by atoms with E-state index in [4.69, 9.17) is 14.3 Å². The van der Waals surface area contributed by atoms with Crippen LogP contribution in [0.3, 0.4) is 0 Å². The molecule has 2 aliphatic rings. The molecule has 2 atom stereocenters. The maximum absolute atomic E-state index is 12.8. The second-order valence-corrected chi connectivity index (χ2v) is 8.23. The fourth-order valence-electron chi connectivity index (χ4n) is 4.37. The summed E-state index contributed by atoms with van der Waals surface area (Å²) in [6.45, 7) is 9.03. The Balaban J connectivity index is 0.000000878. The first-order valence-corrected chi connectivity index (χ1v) is 9.36. The van der Waals surface area contributed by atoms with E-state index < -0.39 is 0 Å². The van der Waals surface area contributed by atoms with Crippen molar-refractivity contribution >= 4 is 18.3 Å². The third-order valence-corrected chi connectivity index (χ3v) is 5.42. The molecule has 3 heterocycles. The first-order chi connectivity index (χ1) is 13.1. The topological polar surface area (TPSA) is 107 Å². The Hall–Kier alpha value is -2.42. The summed E-state index contributed by atoms with van der Waals surface area (Å²) in [5.41, 5.74) is 0.554. The van der Waals surface area contributed by atoms with E-state index in [1.165, 1.54) is 6.39 Å². The molecular weight excluding hydrogens is 364 g/mol. The lowest BCUT2D eigenvalue weighted by atomic mass is 9.80. The lowest BCUT2D eigenvalue weighted by molar-refractivity contribution is -0.134. The summed E-state index contributed by atoms with van der Waals surface area (Å²) in [6, 6.07) is 0. The Morgan fingerprint density at radius 1 is 1.36 bits per heavy atom. The van der Waals surface area contributed by atoms with Crippen molar-refractivity contribution < 1.29 is 23.9 Å². The third-order valence-electron chi connectivity index (χ3n) is 5.42. The number of carbonyl (C=O) groups is 3. The van der Waals surface area contributed by atoms with Crippen LogP contribution in [0.15, 0.2) is 10.8 Å². The maximum Gasteiger partial charge on any atom is 0.291 e. The number of likely N-dealkylation sites (tertiary alicyclic amines) is 2. The van der Waals surface area contributed by atoms with Crippen LogP contribution in [0.5, 0.6) is 0 Å². The highest BCUT2D eigenvalue weighted by molar-refractivity contribution is 5.92. The smallest absolute Gasteiger partial charge is 0.291 e. The molecule has 2 saturated heterocycles. The molecule has 2 amide bonds. The molecule has 1 N–H and O–H groups in total. The van der Waals surface area contributed by atoms with Gasteiger partial charge in [0.1, 0.15) is 0 Å². The summed E-state index contributed by atoms with van der Waals surface area (Å²) in [4.78, 5) is 43.7. The van der Waals surface area contributed by atoms with Gasteiger partial charge in [0.2, 0.25) is 11.7 Å². The number of hydrogen-bond donors (Lipinski definition) is 1. The van der Waals surface area contributed by atoms with E-state index in [2.05, 4.69) is 9.88 Å². The van der Waals surface area contributed by atoms with E-state index in [9.17, 15) is 9.59 Å². The van der Waals surface area contributed by atoms with Gasteiger partial charge in [-0.2, -0.15) is 0 Å². The first-order valence-electron chi connectivity index (χ1n) is 9.36. The lowest BCUT2D eigenvalue weighted by Gasteiger charge is -2.32. The van der Waals surface area contributed by atoms with Gasteiger partial charge in [0.05, 0.1) is 5.69 Å². The van der Waals surface area contributed by atoms with E-state index in [-0.39, 0.29) is 29.6 Å². The summed E-state index contributed by atoms with van der Waals surface area (Å²) in [5, 5.41) is 6.89. The van der Waals surface area contributed by atoms with Crippen LogP contribution < -0.4 is 0 Å². The Bertz CT molecular complexity index is 717. The molecule has 0 aromatic carbocycles. The summed E-state index contributed by atoms with van der Waals surface area (Å²) in [5.74, 6) is 0.741. The van der Waals surface area contributed by atoms with Crippen LogP contribution in [0.4, 0.5) is 0 Å². The summed E-state index contributed by atoms with van der Waals surface area (Å²) < 4.78 is 5.29. The second kappa shape index (κ2) is 8.72. The molecule has 1 aromatic rings. The number of carboxylic acid groups (broad SMARTS) is 1. The quantitative estimate of drug-likeness (QED) is 0.753. The molecule has 3 rings (SSSR count). The SMILES string of the molecule is Cc1ncoc1C(=O)N1C[C@H]2CN(C(=O)C(C)C)C[C@@]2(CN(C)C)C1.O=CO. The molecule has 1 aromatic heterocycles. The van der Waals surface area contributed by atoms with Crippen molar-refractivity contribution in [2.45, 2.75) is 20.8 Å². The molecule has 0 aliphatic carbocycles. The molecular formula is C19H30N4O5. The molecule has 0 saturated carbocycles. The number of amides is 2. The molecule has 0 bridgehead atoms. The summed E-state index contributed by atoms with van der Waals surface area (Å²) in [7, 11) is 4.09.